The maximum Gasteiger partial charge on any atom is 0.358 e. The highest BCUT2D eigenvalue weighted by atomic mass is 16.8. The van der Waals surface area contributed by atoms with Crippen molar-refractivity contribution in [2.24, 2.45) is 0 Å². The average molecular weight is 404 g/mol. The highest BCUT2D eigenvalue weighted by Gasteiger charge is 2.23. The number of para-hydroxylation sites is 2. The van der Waals surface area contributed by atoms with E-state index in [0.717, 1.165) is 22.3 Å². The van der Waals surface area contributed by atoms with Crippen molar-refractivity contribution in [3.05, 3.63) is 93.4 Å². The number of rotatable bonds is 6. The van der Waals surface area contributed by atoms with Gasteiger partial charge in [-0.25, -0.2) is 9.63 Å². The number of hydrogen-bond acceptors (Lipinski definition) is 5. The van der Waals surface area contributed by atoms with Gasteiger partial charge >= 0.3 is 11.7 Å². The van der Waals surface area contributed by atoms with Crippen molar-refractivity contribution in [1.29, 1.82) is 0 Å². The number of esters is 1. The fourth-order valence-electron chi connectivity index (χ4n) is 3.00. The molecule has 0 aromatic heterocycles. The zero-order valence-electron chi connectivity index (χ0n) is 17.0. The van der Waals surface area contributed by atoms with Crippen molar-refractivity contribution in [3.8, 4) is 11.5 Å². The Morgan fingerprint density at radius 1 is 0.933 bits per heavy atom. The topological polar surface area (TPSA) is 75.8 Å². The Morgan fingerprint density at radius 3 is 2.30 bits per heavy atom. The van der Waals surface area contributed by atoms with Crippen LogP contribution in [0.2, 0.25) is 0 Å². The van der Waals surface area contributed by atoms with Crippen LogP contribution in [-0.2, 0) is 4.84 Å². The maximum absolute atomic E-state index is 12.6. The van der Waals surface area contributed by atoms with Crippen LogP contribution in [0.4, 0.5) is 5.69 Å². The van der Waals surface area contributed by atoms with Gasteiger partial charge in [-0.3, -0.25) is 0 Å². The van der Waals surface area contributed by atoms with Crippen LogP contribution in [0.15, 0.2) is 60.7 Å². The zero-order chi connectivity index (χ0) is 21.7. The quantitative estimate of drug-likeness (QED) is 0.259. The molecule has 0 fully saturated rings. The molecule has 152 valence electrons. The Balaban J connectivity index is 1.81. The van der Waals surface area contributed by atoms with Crippen LogP contribution >= 0.6 is 0 Å². The third-order valence-corrected chi connectivity index (χ3v) is 4.53. The van der Waals surface area contributed by atoms with Gasteiger partial charge in [-0.15, -0.1) is 0 Å². The number of ether oxygens (including phenoxy) is 1. The Labute approximate surface area is 174 Å². The number of carbonyl (C=O) groups is 1. The van der Waals surface area contributed by atoms with Gasteiger partial charge in [0.05, 0.1) is 10.5 Å². The van der Waals surface area contributed by atoms with Crippen molar-refractivity contribution in [1.82, 2.24) is 0 Å². The van der Waals surface area contributed by atoms with Crippen LogP contribution in [0, 0.1) is 18.8 Å². The first kappa shape index (κ1) is 20.8. The monoisotopic (exact) mass is 404 g/mol. The Morgan fingerprint density at radius 2 is 1.60 bits per heavy atom. The van der Waals surface area contributed by atoms with E-state index >= 15 is 0 Å². The predicted molar refractivity (Wildman–Crippen MR) is 115 cm³/mol. The SMILES string of the molecule is CO[N+](=O)c1ccccc1OC(=O)c1cccc(C=Cc2cc(C)c(O)c(C)c2)c1. The summed E-state index contributed by atoms with van der Waals surface area (Å²) in [5, 5.41) is 9.90. The summed E-state index contributed by atoms with van der Waals surface area (Å²) < 4.78 is 5.40. The molecule has 0 spiro atoms. The van der Waals surface area contributed by atoms with E-state index in [1.54, 1.807) is 30.3 Å². The van der Waals surface area contributed by atoms with E-state index in [9.17, 15) is 14.8 Å². The molecular weight excluding hydrogens is 382 g/mol. The lowest BCUT2D eigenvalue weighted by atomic mass is 10.0. The van der Waals surface area contributed by atoms with E-state index in [0.29, 0.717) is 11.3 Å². The third kappa shape index (κ3) is 4.72. The normalized spacial score (nSPS) is 10.8. The molecule has 0 saturated carbocycles. The standard InChI is InChI=1S/C24H21NO5/c1-16-13-19(14-17(2)23(16)26)12-11-18-7-6-8-20(15-18)24(27)30-22-10-5-4-9-21(22)25(28)29-3/h4-15H,1-3H3/p+1. The van der Waals surface area contributed by atoms with E-state index in [1.165, 1.54) is 19.2 Å². The van der Waals surface area contributed by atoms with Crippen molar-refractivity contribution >= 4 is 23.8 Å². The van der Waals surface area contributed by atoms with Gasteiger partial charge in [-0.2, -0.15) is 0 Å². The molecule has 0 aliphatic rings. The Bertz CT molecular complexity index is 1110. The van der Waals surface area contributed by atoms with E-state index in [2.05, 4.69) is 4.84 Å². The van der Waals surface area contributed by atoms with Crippen LogP contribution < -0.4 is 4.74 Å². The number of phenolic OH excluding ortho intramolecular Hbond substituents is 1. The van der Waals surface area contributed by atoms with Gasteiger partial charge in [0.1, 0.15) is 5.75 Å². The summed E-state index contributed by atoms with van der Waals surface area (Å²) in [5.74, 6) is -0.184. The number of aromatic hydroxyl groups is 1. The van der Waals surface area contributed by atoms with Crippen LogP contribution in [0.1, 0.15) is 32.6 Å². The maximum atomic E-state index is 12.6. The number of hydrogen-bond donors (Lipinski definition) is 1. The van der Waals surface area contributed by atoms with Crippen molar-refractivity contribution < 1.29 is 24.4 Å². The molecule has 0 atom stereocenters. The van der Waals surface area contributed by atoms with Crippen LogP contribution in [0.5, 0.6) is 11.5 Å². The highest BCUT2D eigenvalue weighted by Crippen LogP contribution is 2.27. The molecule has 6 nitrogen and oxygen atoms in total. The molecule has 3 aromatic rings. The lowest BCUT2D eigenvalue weighted by molar-refractivity contribution is -0.736. The van der Waals surface area contributed by atoms with E-state index in [4.69, 9.17) is 4.74 Å². The average Bonchev–Trinajstić information content (AvgIpc) is 2.76. The first-order valence-corrected chi connectivity index (χ1v) is 9.30. The second-order valence-corrected chi connectivity index (χ2v) is 6.76. The molecule has 0 bridgehead atoms. The fourth-order valence-corrected chi connectivity index (χ4v) is 3.00. The molecule has 0 heterocycles. The molecule has 30 heavy (non-hydrogen) atoms. The van der Waals surface area contributed by atoms with Crippen LogP contribution in [0.3, 0.4) is 0 Å². The Hall–Kier alpha value is -3.93. The first-order valence-electron chi connectivity index (χ1n) is 9.30. The van der Waals surface area contributed by atoms with Crippen molar-refractivity contribution in [2.45, 2.75) is 13.8 Å². The fraction of sp³-hybridized carbons (Fsp3) is 0.125. The second-order valence-electron chi connectivity index (χ2n) is 6.76. The molecule has 0 aliphatic carbocycles. The highest BCUT2D eigenvalue weighted by molar-refractivity contribution is 5.92. The zero-order valence-corrected chi connectivity index (χ0v) is 17.0. The summed E-state index contributed by atoms with van der Waals surface area (Å²) in [6.07, 6.45) is 3.79. The molecule has 0 aliphatic heterocycles. The van der Waals surface area contributed by atoms with Gasteiger partial charge in [0, 0.05) is 6.07 Å². The van der Waals surface area contributed by atoms with Crippen molar-refractivity contribution in [3.63, 3.8) is 0 Å². The summed E-state index contributed by atoms with van der Waals surface area (Å²) in [5.41, 5.74) is 3.80. The molecule has 1 N–H and O–H groups in total. The number of nitrogens with zero attached hydrogens (tertiary/aromatic N) is 1. The summed E-state index contributed by atoms with van der Waals surface area (Å²) in [7, 11) is 1.23. The molecule has 3 aromatic carbocycles. The lowest BCUT2D eigenvalue weighted by Gasteiger charge is -2.06. The molecule has 0 radical (unpaired) electrons. The smallest absolute Gasteiger partial charge is 0.358 e. The third-order valence-electron chi connectivity index (χ3n) is 4.53. The molecule has 0 unspecified atom stereocenters. The van der Waals surface area contributed by atoms with E-state index in [-0.39, 0.29) is 16.4 Å². The second kappa shape index (κ2) is 9.05. The minimum Gasteiger partial charge on any atom is -0.507 e. The van der Waals surface area contributed by atoms with Gasteiger partial charge < -0.3 is 9.84 Å². The van der Waals surface area contributed by atoms with E-state index < -0.39 is 5.97 Å². The van der Waals surface area contributed by atoms with Gasteiger partial charge in [-0.05, 0) is 66.4 Å². The summed E-state index contributed by atoms with van der Waals surface area (Å²) >= 11 is 0. The van der Waals surface area contributed by atoms with Gasteiger partial charge in [0.25, 0.3) is 4.92 Å². The number of carbonyl (C=O) groups excluding carboxylic acids is 1. The van der Waals surface area contributed by atoms with Crippen LogP contribution in [0.25, 0.3) is 12.2 Å². The predicted octanol–water partition coefficient (Wildman–Crippen LogP) is 5.37. The van der Waals surface area contributed by atoms with Gasteiger partial charge in [0.2, 0.25) is 5.75 Å². The first-order chi connectivity index (χ1) is 14.4. The lowest BCUT2D eigenvalue weighted by Crippen LogP contribution is -2.10. The van der Waals surface area contributed by atoms with Crippen molar-refractivity contribution in [2.75, 3.05) is 7.11 Å². The molecule has 0 amide bonds. The molecule has 0 saturated heterocycles. The van der Waals surface area contributed by atoms with Gasteiger partial charge in [0.15, 0.2) is 7.11 Å². The molecule has 6 heteroatoms. The minimum absolute atomic E-state index is 0.0995. The minimum atomic E-state index is -0.585. The molecule has 3 rings (SSSR count). The number of phenols is 1. The van der Waals surface area contributed by atoms with E-state index in [1.807, 2.05) is 44.2 Å². The number of benzene rings is 3. The Kier molecular flexibility index (Phi) is 6.27. The number of aryl methyl sites for hydroxylation is 2. The summed E-state index contributed by atoms with van der Waals surface area (Å²) in [6.45, 7) is 3.70. The van der Waals surface area contributed by atoms with Crippen LogP contribution in [-0.4, -0.2) is 23.1 Å². The molecular formula is C24H22NO5+. The summed E-state index contributed by atoms with van der Waals surface area (Å²) in [6, 6.07) is 17.1. The van der Waals surface area contributed by atoms with Gasteiger partial charge in [-0.1, -0.05) is 36.4 Å². The summed E-state index contributed by atoms with van der Waals surface area (Å²) in [4.78, 5) is 29.3. The largest absolute Gasteiger partial charge is 0.507 e.